The molecule has 0 amide bonds. The van der Waals surface area contributed by atoms with Crippen molar-refractivity contribution in [3.8, 4) is 0 Å². The summed E-state index contributed by atoms with van der Waals surface area (Å²) in [5, 5.41) is 3.54. The Morgan fingerprint density at radius 2 is 1.62 bits per heavy atom. The molecule has 3 nitrogen and oxygen atoms in total. The molecule has 0 aromatic rings. The lowest BCUT2D eigenvalue weighted by atomic mass is 9.93. The molecule has 92 valence electrons. The fourth-order valence-corrected chi connectivity index (χ4v) is 3.67. The van der Waals surface area contributed by atoms with Crippen LogP contribution in [0.3, 0.4) is 0 Å². The number of rotatable bonds is 1. The Bertz CT molecular complexity index is 222. The Labute approximate surface area is 99.2 Å². The highest BCUT2D eigenvalue weighted by molar-refractivity contribution is 4.90. The van der Waals surface area contributed by atoms with Crippen molar-refractivity contribution in [1.29, 1.82) is 0 Å². The molecule has 1 saturated carbocycles. The van der Waals surface area contributed by atoms with Crippen molar-refractivity contribution in [2.75, 3.05) is 39.3 Å². The van der Waals surface area contributed by atoms with Crippen molar-refractivity contribution >= 4 is 0 Å². The molecular formula is C13H25N3. The van der Waals surface area contributed by atoms with E-state index in [9.17, 15) is 0 Å². The van der Waals surface area contributed by atoms with Crippen LogP contribution in [-0.2, 0) is 0 Å². The molecule has 3 heteroatoms. The molecular weight excluding hydrogens is 198 g/mol. The summed E-state index contributed by atoms with van der Waals surface area (Å²) >= 11 is 0. The summed E-state index contributed by atoms with van der Waals surface area (Å²) in [6.45, 7) is 7.62. The molecule has 2 aliphatic heterocycles. The molecule has 1 unspecified atom stereocenters. The van der Waals surface area contributed by atoms with Gasteiger partial charge in [-0.3, -0.25) is 9.80 Å². The van der Waals surface area contributed by atoms with E-state index in [2.05, 4.69) is 15.1 Å². The molecule has 0 aromatic carbocycles. The Kier molecular flexibility index (Phi) is 3.46. The molecule has 3 aliphatic rings. The van der Waals surface area contributed by atoms with Gasteiger partial charge in [0.15, 0.2) is 0 Å². The van der Waals surface area contributed by atoms with E-state index in [1.54, 1.807) is 0 Å². The van der Waals surface area contributed by atoms with Crippen LogP contribution in [0.25, 0.3) is 0 Å². The highest BCUT2D eigenvalue weighted by Crippen LogP contribution is 2.25. The van der Waals surface area contributed by atoms with Crippen molar-refractivity contribution in [3.63, 3.8) is 0 Å². The highest BCUT2D eigenvalue weighted by Gasteiger charge is 2.32. The van der Waals surface area contributed by atoms with Gasteiger partial charge >= 0.3 is 0 Å². The Hall–Kier alpha value is -0.120. The van der Waals surface area contributed by atoms with Crippen LogP contribution >= 0.6 is 0 Å². The van der Waals surface area contributed by atoms with Crippen LogP contribution in [0.1, 0.15) is 32.1 Å². The van der Waals surface area contributed by atoms with Gasteiger partial charge in [-0.25, -0.2) is 0 Å². The SMILES string of the molecule is C1CCC(N2CCN3CCNCC3C2)CC1. The summed E-state index contributed by atoms with van der Waals surface area (Å²) in [6.07, 6.45) is 7.32. The van der Waals surface area contributed by atoms with Gasteiger partial charge in [-0.15, -0.1) is 0 Å². The summed E-state index contributed by atoms with van der Waals surface area (Å²) in [5.41, 5.74) is 0. The first-order valence-corrected chi connectivity index (χ1v) is 7.12. The molecule has 1 aliphatic carbocycles. The number of nitrogens with zero attached hydrogens (tertiary/aromatic N) is 2. The van der Waals surface area contributed by atoms with E-state index >= 15 is 0 Å². The fraction of sp³-hybridized carbons (Fsp3) is 1.00. The number of nitrogens with one attached hydrogen (secondary N) is 1. The van der Waals surface area contributed by atoms with Gasteiger partial charge in [-0.1, -0.05) is 19.3 Å². The molecule has 1 N–H and O–H groups in total. The normalized spacial score (nSPS) is 34.9. The lowest BCUT2D eigenvalue weighted by molar-refractivity contribution is 0.0252. The van der Waals surface area contributed by atoms with Crippen molar-refractivity contribution in [1.82, 2.24) is 15.1 Å². The maximum atomic E-state index is 3.54. The average Bonchev–Trinajstić information content (AvgIpc) is 2.39. The summed E-state index contributed by atoms with van der Waals surface area (Å²) in [4.78, 5) is 5.48. The van der Waals surface area contributed by atoms with Gasteiger partial charge < -0.3 is 5.32 Å². The maximum Gasteiger partial charge on any atom is 0.0349 e. The molecule has 1 atom stereocenters. The van der Waals surface area contributed by atoms with E-state index < -0.39 is 0 Å². The van der Waals surface area contributed by atoms with Gasteiger partial charge in [-0.05, 0) is 12.8 Å². The Balaban J connectivity index is 1.57. The van der Waals surface area contributed by atoms with Crippen LogP contribution < -0.4 is 5.32 Å². The van der Waals surface area contributed by atoms with Crippen LogP contribution in [-0.4, -0.2) is 61.2 Å². The number of piperazine rings is 2. The molecule has 0 bridgehead atoms. The van der Waals surface area contributed by atoms with Gasteiger partial charge in [0.1, 0.15) is 0 Å². The van der Waals surface area contributed by atoms with Gasteiger partial charge in [0.05, 0.1) is 0 Å². The topological polar surface area (TPSA) is 18.5 Å². The minimum Gasteiger partial charge on any atom is -0.314 e. The van der Waals surface area contributed by atoms with Crippen LogP contribution in [0.15, 0.2) is 0 Å². The van der Waals surface area contributed by atoms with Gasteiger partial charge in [0.2, 0.25) is 0 Å². The Morgan fingerprint density at radius 3 is 2.50 bits per heavy atom. The van der Waals surface area contributed by atoms with Crippen LogP contribution in [0, 0.1) is 0 Å². The first-order valence-electron chi connectivity index (χ1n) is 7.12. The summed E-state index contributed by atoms with van der Waals surface area (Å²) in [6, 6.07) is 1.71. The van der Waals surface area contributed by atoms with Crippen molar-refractivity contribution in [2.45, 2.75) is 44.2 Å². The maximum absolute atomic E-state index is 3.54. The zero-order valence-corrected chi connectivity index (χ0v) is 10.3. The molecule has 0 spiro atoms. The third kappa shape index (κ3) is 2.27. The fourth-order valence-electron chi connectivity index (χ4n) is 3.67. The van der Waals surface area contributed by atoms with E-state index in [0.29, 0.717) is 0 Å². The number of fused-ring (bicyclic) bond motifs is 1. The van der Waals surface area contributed by atoms with E-state index in [0.717, 1.165) is 12.1 Å². The summed E-state index contributed by atoms with van der Waals surface area (Å²) in [5.74, 6) is 0. The monoisotopic (exact) mass is 223 g/mol. The average molecular weight is 223 g/mol. The zero-order valence-electron chi connectivity index (χ0n) is 10.3. The van der Waals surface area contributed by atoms with Crippen LogP contribution in [0.2, 0.25) is 0 Å². The van der Waals surface area contributed by atoms with Crippen molar-refractivity contribution in [3.05, 3.63) is 0 Å². The first kappa shape index (κ1) is 11.0. The highest BCUT2D eigenvalue weighted by atomic mass is 15.3. The largest absolute Gasteiger partial charge is 0.314 e. The predicted molar refractivity (Wildman–Crippen MR) is 66.7 cm³/mol. The minimum atomic E-state index is 0.796. The summed E-state index contributed by atoms with van der Waals surface area (Å²) in [7, 11) is 0. The molecule has 0 aromatic heterocycles. The van der Waals surface area contributed by atoms with Crippen LogP contribution in [0.4, 0.5) is 0 Å². The standard InChI is InChI=1S/C13H25N3/c1-2-4-12(5-3-1)16-9-8-15-7-6-14-10-13(15)11-16/h12-14H,1-11H2. The van der Waals surface area contributed by atoms with E-state index in [-0.39, 0.29) is 0 Å². The number of hydrogen-bond donors (Lipinski definition) is 1. The van der Waals surface area contributed by atoms with Crippen molar-refractivity contribution in [2.24, 2.45) is 0 Å². The van der Waals surface area contributed by atoms with E-state index in [1.165, 1.54) is 71.4 Å². The third-order valence-electron chi connectivity index (χ3n) is 4.68. The van der Waals surface area contributed by atoms with Gasteiger partial charge in [0, 0.05) is 51.4 Å². The smallest absolute Gasteiger partial charge is 0.0349 e. The quantitative estimate of drug-likeness (QED) is 0.713. The molecule has 2 heterocycles. The zero-order chi connectivity index (χ0) is 10.8. The van der Waals surface area contributed by atoms with Gasteiger partial charge in [-0.2, -0.15) is 0 Å². The predicted octanol–water partition coefficient (Wildman–Crippen LogP) is 0.909. The first-order chi connectivity index (χ1) is 7.93. The minimum absolute atomic E-state index is 0.796. The molecule has 3 fully saturated rings. The molecule has 16 heavy (non-hydrogen) atoms. The van der Waals surface area contributed by atoms with Crippen LogP contribution in [0.5, 0.6) is 0 Å². The number of hydrogen-bond acceptors (Lipinski definition) is 3. The molecule has 3 rings (SSSR count). The lowest BCUT2D eigenvalue weighted by Crippen LogP contribution is -2.62. The second kappa shape index (κ2) is 5.03. The van der Waals surface area contributed by atoms with Gasteiger partial charge in [0.25, 0.3) is 0 Å². The molecule has 2 saturated heterocycles. The Morgan fingerprint density at radius 1 is 0.812 bits per heavy atom. The lowest BCUT2D eigenvalue weighted by Gasteiger charge is -2.47. The third-order valence-corrected chi connectivity index (χ3v) is 4.68. The second-order valence-electron chi connectivity index (χ2n) is 5.68. The van der Waals surface area contributed by atoms with E-state index in [4.69, 9.17) is 0 Å². The second-order valence-corrected chi connectivity index (χ2v) is 5.68. The van der Waals surface area contributed by atoms with Crippen molar-refractivity contribution < 1.29 is 0 Å². The molecule has 0 radical (unpaired) electrons. The van der Waals surface area contributed by atoms with E-state index in [1.807, 2.05) is 0 Å². The summed E-state index contributed by atoms with van der Waals surface area (Å²) < 4.78 is 0.